The van der Waals surface area contributed by atoms with Crippen LogP contribution < -0.4 is 26.2 Å². The van der Waals surface area contributed by atoms with Crippen molar-refractivity contribution in [2.75, 3.05) is 23.1 Å². The third-order valence-electron chi connectivity index (χ3n) is 7.93. The largest absolute Gasteiger partial charge is 0.497 e. The predicted octanol–water partition coefficient (Wildman–Crippen LogP) is 6.14. The Morgan fingerprint density at radius 1 is 0.959 bits per heavy atom. The lowest BCUT2D eigenvalue weighted by Gasteiger charge is -2.24. The van der Waals surface area contributed by atoms with Crippen molar-refractivity contribution in [3.05, 3.63) is 106 Å². The zero-order valence-corrected chi connectivity index (χ0v) is 27.8. The molecule has 1 aromatic heterocycles. The fraction of sp³-hybridized carbons (Fsp3) is 0.0882. The van der Waals surface area contributed by atoms with E-state index in [1.807, 2.05) is 19.1 Å². The summed E-state index contributed by atoms with van der Waals surface area (Å²) in [4.78, 5) is 34.1. The number of carbonyl (C=O) groups is 1. The van der Waals surface area contributed by atoms with E-state index in [0.717, 1.165) is 17.3 Å². The first-order chi connectivity index (χ1) is 23.3. The highest BCUT2D eigenvalue weighted by Gasteiger charge is 2.29. The normalized spacial score (nSPS) is 12.6. The van der Waals surface area contributed by atoms with E-state index in [1.54, 1.807) is 56.6 Å². The highest BCUT2D eigenvalue weighted by molar-refractivity contribution is 7.86. The van der Waals surface area contributed by atoms with E-state index >= 15 is 0 Å². The molecule has 1 aliphatic carbocycles. The number of guanidine groups is 1. The van der Waals surface area contributed by atoms with Gasteiger partial charge < -0.3 is 25.3 Å². The first-order valence-electron chi connectivity index (χ1n) is 14.6. The van der Waals surface area contributed by atoms with Crippen molar-refractivity contribution >= 4 is 78.7 Å². The Morgan fingerprint density at radius 3 is 2.45 bits per heavy atom. The number of amidine groups is 1. The first-order valence-corrected chi connectivity index (χ1v) is 16.4. The van der Waals surface area contributed by atoms with Crippen molar-refractivity contribution in [1.29, 1.82) is 5.41 Å². The van der Waals surface area contributed by atoms with Crippen LogP contribution in [0.5, 0.6) is 5.75 Å². The molecule has 4 aromatic carbocycles. The molecule has 0 spiro atoms. The van der Waals surface area contributed by atoms with Crippen LogP contribution >= 0.6 is 11.6 Å². The van der Waals surface area contributed by atoms with Crippen molar-refractivity contribution in [1.82, 2.24) is 4.57 Å². The number of aryl methyl sites for hydroxylation is 2. The molecule has 6 rings (SSSR count). The number of aromatic nitrogens is 1. The highest BCUT2D eigenvalue weighted by Crippen LogP contribution is 2.42. The number of methoxy groups -OCH3 is 1. The van der Waals surface area contributed by atoms with Gasteiger partial charge in [-0.1, -0.05) is 30.3 Å². The van der Waals surface area contributed by atoms with Crippen molar-refractivity contribution in [2.24, 2.45) is 17.0 Å². The SMILES string of the molecule is COc1ccc(C)c(NC=NC(Cl)=NC(=N)Nc2ccc(S(=O)(=O)O)c(Nc3ccc4c5c(cc(=O)n4C)-c4ccccc4C(=O)c35)c2)c1. The van der Waals surface area contributed by atoms with Gasteiger partial charge >= 0.3 is 0 Å². The third kappa shape index (κ3) is 6.52. The second-order valence-corrected chi connectivity index (χ2v) is 12.7. The molecule has 5 aromatic rings. The van der Waals surface area contributed by atoms with Gasteiger partial charge in [-0.3, -0.25) is 19.6 Å². The Kier molecular flexibility index (Phi) is 8.77. The molecule has 0 saturated heterocycles. The molecule has 15 heteroatoms. The van der Waals surface area contributed by atoms with Gasteiger partial charge in [-0.05, 0) is 71.6 Å². The molecule has 0 fully saturated rings. The average Bonchev–Trinajstić information content (AvgIpc) is 3.06. The van der Waals surface area contributed by atoms with Gasteiger partial charge in [-0.2, -0.15) is 13.4 Å². The number of ketones is 1. The summed E-state index contributed by atoms with van der Waals surface area (Å²) >= 11 is 6.13. The predicted molar refractivity (Wildman–Crippen MR) is 192 cm³/mol. The van der Waals surface area contributed by atoms with Gasteiger partial charge in [-0.25, -0.2) is 4.99 Å². The number of nitrogens with zero attached hydrogens (tertiary/aromatic N) is 3. The van der Waals surface area contributed by atoms with Gasteiger partial charge in [0.25, 0.3) is 15.7 Å². The van der Waals surface area contributed by atoms with Crippen LogP contribution in [0.1, 0.15) is 21.5 Å². The van der Waals surface area contributed by atoms with Crippen molar-refractivity contribution < 1.29 is 22.5 Å². The number of hydrogen-bond donors (Lipinski definition) is 5. The topological polar surface area (TPSA) is 187 Å². The number of pyridine rings is 1. The van der Waals surface area contributed by atoms with Crippen LogP contribution in [0, 0.1) is 12.3 Å². The van der Waals surface area contributed by atoms with Crippen molar-refractivity contribution in [2.45, 2.75) is 11.8 Å². The lowest BCUT2D eigenvalue weighted by Crippen LogP contribution is -2.21. The van der Waals surface area contributed by atoms with E-state index in [0.29, 0.717) is 33.3 Å². The zero-order valence-electron chi connectivity index (χ0n) is 26.2. The fourth-order valence-corrected chi connectivity index (χ4v) is 6.32. The minimum atomic E-state index is -4.75. The minimum absolute atomic E-state index is 0.0973. The molecule has 0 radical (unpaired) electrons. The molecule has 0 aliphatic heterocycles. The second-order valence-electron chi connectivity index (χ2n) is 11.0. The lowest BCUT2D eigenvalue weighted by molar-refractivity contribution is 0.104. The average molecular weight is 698 g/mol. The summed E-state index contributed by atoms with van der Waals surface area (Å²) in [6.45, 7) is 1.90. The van der Waals surface area contributed by atoms with Crippen LogP contribution in [-0.2, 0) is 17.2 Å². The molecule has 1 aliphatic rings. The number of ether oxygens (including phenoxy) is 1. The molecule has 5 N–H and O–H groups in total. The summed E-state index contributed by atoms with van der Waals surface area (Å²) in [7, 11) is -1.59. The molecule has 49 heavy (non-hydrogen) atoms. The van der Waals surface area contributed by atoms with E-state index < -0.39 is 21.0 Å². The number of nitrogens with one attached hydrogen (secondary N) is 4. The van der Waals surface area contributed by atoms with E-state index in [1.165, 1.54) is 29.1 Å². The van der Waals surface area contributed by atoms with Gasteiger partial charge in [0.05, 0.1) is 35.9 Å². The lowest BCUT2D eigenvalue weighted by atomic mass is 9.83. The van der Waals surface area contributed by atoms with Crippen LogP contribution in [0.15, 0.2) is 98.5 Å². The number of halogens is 1. The first kappa shape index (κ1) is 33.1. The van der Waals surface area contributed by atoms with Crippen LogP contribution in [0.3, 0.4) is 0 Å². The molecule has 0 unspecified atom stereocenters. The Balaban J connectivity index is 1.32. The summed E-state index contributed by atoms with van der Waals surface area (Å²) in [5, 5.41) is 17.2. The summed E-state index contributed by atoms with van der Waals surface area (Å²) in [6.07, 6.45) is 1.31. The Bertz CT molecular complexity index is 2440. The number of aliphatic imine (C=N–C) groups is 2. The van der Waals surface area contributed by atoms with E-state index in [9.17, 15) is 22.6 Å². The molecule has 248 valence electrons. The summed E-state index contributed by atoms with van der Waals surface area (Å²) in [5.41, 5.74) is 4.03. The van der Waals surface area contributed by atoms with Crippen molar-refractivity contribution in [3.63, 3.8) is 0 Å². The van der Waals surface area contributed by atoms with Gasteiger partial charge in [0.2, 0.25) is 11.3 Å². The number of carbonyl (C=O) groups excluding carboxylic acids is 1. The second kappa shape index (κ2) is 13.0. The fourth-order valence-electron chi connectivity index (χ4n) is 5.56. The van der Waals surface area contributed by atoms with Crippen LogP contribution in [0.4, 0.5) is 22.7 Å². The van der Waals surface area contributed by atoms with Crippen LogP contribution in [-0.4, -0.2) is 48.0 Å². The summed E-state index contributed by atoms with van der Waals surface area (Å²) < 4.78 is 41.5. The summed E-state index contributed by atoms with van der Waals surface area (Å²) in [5.74, 6) is -0.113. The van der Waals surface area contributed by atoms with Gasteiger partial charge in [0, 0.05) is 41.5 Å². The van der Waals surface area contributed by atoms with Gasteiger partial charge in [-0.15, -0.1) is 0 Å². The molecule has 13 nitrogen and oxygen atoms in total. The number of rotatable bonds is 7. The molecule has 0 atom stereocenters. The standard InChI is InChI=1S/C34H28ClN7O6S/c1-18-8-10-20(48-3)15-25(18)37-17-38-33(35)41-34(36)39-19-9-13-28(49(45,46)47)26(14-19)40-24-11-12-27-30-23(16-29(43)42(27)2)21-6-4-5-7-22(21)32(44)31(24)30/h4-17,40H,1-3H3,(H,45,46,47)(H3,36,37,38,39,41). The third-order valence-corrected chi connectivity index (χ3v) is 9.02. The molecule has 1 heterocycles. The van der Waals surface area contributed by atoms with E-state index in [2.05, 4.69) is 25.9 Å². The van der Waals surface area contributed by atoms with E-state index in [4.69, 9.17) is 21.7 Å². The molecule has 0 bridgehead atoms. The van der Waals surface area contributed by atoms with E-state index in [-0.39, 0.29) is 39.3 Å². The monoisotopic (exact) mass is 697 g/mol. The molecule has 0 saturated carbocycles. The molecular formula is C34H28ClN7O6S. The Labute approximate surface area is 285 Å². The number of hydrogen-bond acceptors (Lipinski definition) is 7. The number of anilines is 4. The zero-order chi connectivity index (χ0) is 35.0. The maximum atomic E-state index is 13.9. The van der Waals surface area contributed by atoms with Crippen LogP contribution in [0.2, 0.25) is 0 Å². The molecular weight excluding hydrogens is 670 g/mol. The smallest absolute Gasteiger partial charge is 0.296 e. The summed E-state index contributed by atoms with van der Waals surface area (Å²) in [6, 6.07) is 20.9. The van der Waals surface area contributed by atoms with Crippen molar-refractivity contribution in [3.8, 4) is 16.9 Å². The number of benzene rings is 4. The maximum absolute atomic E-state index is 13.9. The highest BCUT2D eigenvalue weighted by atomic mass is 35.5. The maximum Gasteiger partial charge on any atom is 0.296 e. The Morgan fingerprint density at radius 2 is 1.71 bits per heavy atom. The van der Waals surface area contributed by atoms with Gasteiger partial charge in [0.15, 0.2) is 5.78 Å². The van der Waals surface area contributed by atoms with Crippen LogP contribution in [0.25, 0.3) is 22.0 Å². The minimum Gasteiger partial charge on any atom is -0.497 e. The Hall–Kier alpha value is -5.83. The van der Waals surface area contributed by atoms with Gasteiger partial charge in [0.1, 0.15) is 10.6 Å². The number of fused-ring (bicyclic) bond motifs is 2. The quantitative estimate of drug-likeness (QED) is 0.0565. The molecule has 0 amide bonds.